The standard InChI is InChI=1S/C20H23N7O2S/c28-18(25-14-3-1-2-5-21-11-14)15-9-16(13-4-6-22-10-13)30-19(15)27-20(29)26-17-12-23-7-8-24-17/h4,6-10,12,14,21-22H,1-3,5,11H2,(H,25,28)(H2,24,26,27,29)/t14-/m0/s1. The predicted octanol–water partition coefficient (Wildman–Crippen LogP) is 3.05. The van der Waals surface area contributed by atoms with Crippen LogP contribution in [0.2, 0.25) is 0 Å². The molecule has 156 valence electrons. The quantitative estimate of drug-likeness (QED) is 0.430. The van der Waals surface area contributed by atoms with E-state index in [0.29, 0.717) is 16.4 Å². The van der Waals surface area contributed by atoms with Gasteiger partial charge < -0.3 is 15.6 Å². The summed E-state index contributed by atoms with van der Waals surface area (Å²) in [6.45, 7) is 1.72. The van der Waals surface area contributed by atoms with Crippen LogP contribution in [-0.4, -0.2) is 46.0 Å². The molecule has 0 bridgehead atoms. The summed E-state index contributed by atoms with van der Waals surface area (Å²) in [5.41, 5.74) is 1.39. The molecule has 1 aliphatic heterocycles. The number of amides is 3. The molecule has 30 heavy (non-hydrogen) atoms. The van der Waals surface area contributed by atoms with E-state index in [4.69, 9.17) is 0 Å². The van der Waals surface area contributed by atoms with Crippen LogP contribution >= 0.6 is 11.3 Å². The molecule has 4 heterocycles. The topological polar surface area (TPSA) is 124 Å². The van der Waals surface area contributed by atoms with Crippen molar-refractivity contribution in [1.29, 1.82) is 0 Å². The van der Waals surface area contributed by atoms with Crippen LogP contribution in [0.15, 0.2) is 43.1 Å². The van der Waals surface area contributed by atoms with Crippen LogP contribution in [-0.2, 0) is 0 Å². The molecule has 5 N–H and O–H groups in total. The Hall–Kier alpha value is -3.24. The minimum absolute atomic E-state index is 0.0666. The number of nitrogens with one attached hydrogen (secondary N) is 5. The summed E-state index contributed by atoms with van der Waals surface area (Å²) >= 11 is 1.35. The van der Waals surface area contributed by atoms with E-state index in [-0.39, 0.29) is 11.9 Å². The lowest BCUT2D eigenvalue weighted by Gasteiger charge is -2.16. The van der Waals surface area contributed by atoms with Crippen LogP contribution in [0.3, 0.4) is 0 Å². The third-order valence-corrected chi connectivity index (χ3v) is 5.87. The van der Waals surface area contributed by atoms with Gasteiger partial charge in [0.2, 0.25) is 0 Å². The highest BCUT2D eigenvalue weighted by atomic mass is 32.1. The zero-order valence-corrected chi connectivity index (χ0v) is 17.1. The molecule has 1 atom stereocenters. The predicted molar refractivity (Wildman–Crippen MR) is 117 cm³/mol. The van der Waals surface area contributed by atoms with Crippen LogP contribution < -0.4 is 21.3 Å². The van der Waals surface area contributed by atoms with E-state index >= 15 is 0 Å². The largest absolute Gasteiger partial charge is 0.367 e. The van der Waals surface area contributed by atoms with Gasteiger partial charge in [-0.3, -0.25) is 20.4 Å². The maximum atomic E-state index is 13.0. The third-order valence-electron chi connectivity index (χ3n) is 4.77. The second kappa shape index (κ2) is 9.51. The number of H-pyrrole nitrogens is 1. The SMILES string of the molecule is O=C(Nc1cnccn1)Nc1sc(-c2cc[nH]c2)cc1C(=O)N[C@H]1CCCCNC1. The molecule has 0 saturated carbocycles. The minimum Gasteiger partial charge on any atom is -0.367 e. The van der Waals surface area contributed by atoms with Gasteiger partial charge in [0, 0.05) is 47.8 Å². The second-order valence-electron chi connectivity index (χ2n) is 6.99. The number of aromatic nitrogens is 3. The van der Waals surface area contributed by atoms with E-state index in [1.54, 1.807) is 0 Å². The van der Waals surface area contributed by atoms with Crippen LogP contribution in [0.5, 0.6) is 0 Å². The van der Waals surface area contributed by atoms with Crippen molar-refractivity contribution < 1.29 is 9.59 Å². The number of aromatic amines is 1. The first-order valence-electron chi connectivity index (χ1n) is 9.81. The van der Waals surface area contributed by atoms with Gasteiger partial charge >= 0.3 is 6.03 Å². The Morgan fingerprint density at radius 2 is 2.13 bits per heavy atom. The van der Waals surface area contributed by atoms with Crippen molar-refractivity contribution in [3.8, 4) is 10.4 Å². The molecular weight excluding hydrogens is 402 g/mol. The van der Waals surface area contributed by atoms with Gasteiger partial charge in [-0.05, 0) is 31.5 Å². The van der Waals surface area contributed by atoms with Gasteiger partial charge in [-0.2, -0.15) is 0 Å². The van der Waals surface area contributed by atoms with Crippen LogP contribution in [0, 0.1) is 0 Å². The molecule has 3 aromatic heterocycles. The Balaban J connectivity index is 1.53. The summed E-state index contributed by atoms with van der Waals surface area (Å²) in [5.74, 6) is 0.129. The fraction of sp³-hybridized carbons (Fsp3) is 0.300. The van der Waals surface area contributed by atoms with Crippen molar-refractivity contribution in [3.05, 3.63) is 48.7 Å². The number of carbonyl (C=O) groups excluding carboxylic acids is 2. The van der Waals surface area contributed by atoms with E-state index in [1.165, 1.54) is 29.9 Å². The van der Waals surface area contributed by atoms with Crippen molar-refractivity contribution in [1.82, 2.24) is 25.6 Å². The maximum absolute atomic E-state index is 13.0. The Labute approximate surface area is 177 Å². The molecule has 0 aromatic carbocycles. The summed E-state index contributed by atoms with van der Waals surface area (Å²) in [5, 5.41) is 12.3. The van der Waals surface area contributed by atoms with Gasteiger partial charge in [0.05, 0.1) is 11.8 Å². The Bertz CT molecular complexity index is 980. The third kappa shape index (κ3) is 5.02. The minimum atomic E-state index is -0.483. The number of thiophene rings is 1. The highest BCUT2D eigenvalue weighted by Crippen LogP contribution is 2.35. The number of anilines is 2. The fourth-order valence-corrected chi connectivity index (χ4v) is 4.34. The van der Waals surface area contributed by atoms with Gasteiger partial charge in [-0.25, -0.2) is 9.78 Å². The van der Waals surface area contributed by atoms with Crippen molar-refractivity contribution in [2.24, 2.45) is 0 Å². The Morgan fingerprint density at radius 1 is 1.20 bits per heavy atom. The van der Waals surface area contributed by atoms with Crippen molar-refractivity contribution >= 4 is 34.1 Å². The zero-order valence-electron chi connectivity index (χ0n) is 16.3. The fourth-order valence-electron chi connectivity index (χ4n) is 3.29. The smallest absolute Gasteiger partial charge is 0.325 e. The second-order valence-corrected chi connectivity index (χ2v) is 8.05. The Morgan fingerprint density at radius 3 is 2.93 bits per heavy atom. The number of rotatable bonds is 5. The molecule has 4 rings (SSSR count). The van der Waals surface area contributed by atoms with E-state index in [0.717, 1.165) is 42.8 Å². The molecule has 0 unspecified atom stereocenters. The van der Waals surface area contributed by atoms with Gasteiger partial charge in [0.15, 0.2) is 5.82 Å². The molecule has 3 amide bonds. The van der Waals surface area contributed by atoms with E-state index in [1.807, 2.05) is 24.5 Å². The number of nitrogens with zero attached hydrogens (tertiary/aromatic N) is 2. The summed E-state index contributed by atoms with van der Waals surface area (Å²) < 4.78 is 0. The van der Waals surface area contributed by atoms with Crippen LogP contribution in [0.4, 0.5) is 15.6 Å². The summed E-state index contributed by atoms with van der Waals surface area (Å²) in [6, 6.07) is 3.32. The summed E-state index contributed by atoms with van der Waals surface area (Å²) in [6.07, 6.45) is 11.3. The normalized spacial score (nSPS) is 16.5. The number of urea groups is 1. The van der Waals surface area contributed by atoms with Crippen molar-refractivity contribution in [3.63, 3.8) is 0 Å². The first-order chi connectivity index (χ1) is 14.7. The highest BCUT2D eigenvalue weighted by molar-refractivity contribution is 7.20. The van der Waals surface area contributed by atoms with E-state index in [9.17, 15) is 9.59 Å². The first kappa shape index (κ1) is 20.0. The lowest BCUT2D eigenvalue weighted by atomic mass is 10.1. The van der Waals surface area contributed by atoms with E-state index < -0.39 is 6.03 Å². The molecule has 9 nitrogen and oxygen atoms in total. The summed E-state index contributed by atoms with van der Waals surface area (Å²) in [7, 11) is 0. The maximum Gasteiger partial charge on any atom is 0.325 e. The van der Waals surface area contributed by atoms with Gasteiger partial charge in [0.1, 0.15) is 5.00 Å². The molecule has 0 spiro atoms. The van der Waals surface area contributed by atoms with Crippen LogP contribution in [0.1, 0.15) is 29.6 Å². The molecule has 1 aliphatic rings. The van der Waals surface area contributed by atoms with Gasteiger partial charge in [0.25, 0.3) is 5.91 Å². The van der Waals surface area contributed by atoms with Gasteiger partial charge in [-0.15, -0.1) is 11.3 Å². The average Bonchev–Trinajstić information content (AvgIpc) is 3.34. The number of hydrogen-bond donors (Lipinski definition) is 5. The average molecular weight is 426 g/mol. The van der Waals surface area contributed by atoms with Crippen molar-refractivity contribution in [2.75, 3.05) is 23.7 Å². The zero-order chi connectivity index (χ0) is 20.8. The highest BCUT2D eigenvalue weighted by Gasteiger charge is 2.22. The van der Waals surface area contributed by atoms with Crippen LogP contribution in [0.25, 0.3) is 10.4 Å². The molecule has 3 aromatic rings. The molecular formula is C20H23N7O2S. The molecule has 0 radical (unpaired) electrons. The Kier molecular flexibility index (Phi) is 6.35. The molecule has 1 fully saturated rings. The van der Waals surface area contributed by atoms with Gasteiger partial charge in [-0.1, -0.05) is 6.42 Å². The number of carbonyl (C=O) groups is 2. The first-order valence-corrected chi connectivity index (χ1v) is 10.6. The van der Waals surface area contributed by atoms with Crippen molar-refractivity contribution in [2.45, 2.75) is 25.3 Å². The van der Waals surface area contributed by atoms with E-state index in [2.05, 4.69) is 36.2 Å². The number of hydrogen-bond acceptors (Lipinski definition) is 6. The molecule has 1 saturated heterocycles. The monoisotopic (exact) mass is 425 g/mol. The lowest BCUT2D eigenvalue weighted by Crippen LogP contribution is -2.41. The lowest BCUT2D eigenvalue weighted by molar-refractivity contribution is 0.0937. The molecule has 10 heteroatoms. The summed E-state index contributed by atoms with van der Waals surface area (Å²) in [4.78, 5) is 37.3. The molecule has 0 aliphatic carbocycles.